The summed E-state index contributed by atoms with van der Waals surface area (Å²) in [5, 5.41) is 0. The smallest absolute Gasteiger partial charge is 0.119 e. The highest BCUT2D eigenvalue weighted by atomic mass is 35.5. The molecule has 0 aliphatic carbocycles. The van der Waals surface area contributed by atoms with Crippen molar-refractivity contribution in [3.63, 3.8) is 0 Å². The van der Waals surface area contributed by atoms with Gasteiger partial charge in [0.2, 0.25) is 0 Å². The van der Waals surface area contributed by atoms with Crippen molar-refractivity contribution in [2.24, 2.45) is 0 Å². The van der Waals surface area contributed by atoms with Gasteiger partial charge in [0, 0.05) is 4.88 Å². The van der Waals surface area contributed by atoms with Crippen molar-refractivity contribution in [3.8, 4) is 27.3 Å². The van der Waals surface area contributed by atoms with Gasteiger partial charge in [0.1, 0.15) is 5.75 Å². The zero-order valence-electron chi connectivity index (χ0n) is 11.7. The molecule has 0 radical (unpaired) electrons. The lowest BCUT2D eigenvalue weighted by Crippen LogP contribution is -1.90. The van der Waals surface area contributed by atoms with E-state index in [0.29, 0.717) is 6.61 Å². The van der Waals surface area contributed by atoms with E-state index in [-0.39, 0.29) is 0 Å². The Bertz CT molecular complexity index is 714. The molecule has 0 bridgehead atoms. The topological polar surface area (TPSA) is 9.23 Å². The van der Waals surface area contributed by atoms with Crippen LogP contribution in [0.4, 0.5) is 0 Å². The maximum absolute atomic E-state index is 5.98. The zero-order chi connectivity index (χ0) is 14.7. The fraction of sp³-hybridized carbons (Fsp3) is 0.111. The van der Waals surface area contributed by atoms with Crippen LogP contribution in [0.1, 0.15) is 6.92 Å². The highest BCUT2D eigenvalue weighted by Crippen LogP contribution is 2.32. The van der Waals surface area contributed by atoms with Crippen LogP contribution in [0.5, 0.6) is 5.75 Å². The summed E-state index contributed by atoms with van der Waals surface area (Å²) in [6.45, 7) is 2.68. The predicted molar refractivity (Wildman–Crippen MR) is 91.4 cm³/mol. The molecule has 0 N–H and O–H groups in total. The average Bonchev–Trinajstić information content (AvgIpc) is 2.95. The van der Waals surface area contributed by atoms with Crippen molar-refractivity contribution in [2.75, 3.05) is 6.61 Å². The van der Waals surface area contributed by atoms with Gasteiger partial charge in [-0.2, -0.15) is 0 Å². The molecule has 0 aliphatic heterocycles. The Kier molecular flexibility index (Phi) is 4.28. The maximum Gasteiger partial charge on any atom is 0.119 e. The van der Waals surface area contributed by atoms with Crippen LogP contribution in [0.2, 0.25) is 4.34 Å². The third-order valence-corrected chi connectivity index (χ3v) is 4.52. The number of benzene rings is 2. The predicted octanol–water partition coefficient (Wildman–Crippen LogP) is 6.13. The largest absolute Gasteiger partial charge is 0.494 e. The van der Waals surface area contributed by atoms with Crippen molar-refractivity contribution >= 4 is 22.9 Å². The second kappa shape index (κ2) is 6.33. The lowest BCUT2D eigenvalue weighted by atomic mass is 10.0. The van der Waals surface area contributed by atoms with E-state index in [2.05, 4.69) is 42.5 Å². The summed E-state index contributed by atoms with van der Waals surface area (Å²) in [6.07, 6.45) is 0. The van der Waals surface area contributed by atoms with E-state index in [4.69, 9.17) is 16.3 Å². The van der Waals surface area contributed by atoms with Gasteiger partial charge in [-0.05, 0) is 47.9 Å². The van der Waals surface area contributed by atoms with Crippen LogP contribution in [0, 0.1) is 0 Å². The minimum atomic E-state index is 0.692. The molecule has 0 fully saturated rings. The quantitative estimate of drug-likeness (QED) is 0.562. The second-order valence-electron chi connectivity index (χ2n) is 4.64. The molecule has 106 valence electrons. The standard InChI is InChI=1S/C18H15ClOS/c1-2-20-16-9-7-14(8-10-16)13-3-5-15(6-4-13)17-11-12-18(19)21-17/h3-12H,2H2,1H3. The van der Waals surface area contributed by atoms with Crippen molar-refractivity contribution in [3.05, 3.63) is 65.0 Å². The molecule has 1 nitrogen and oxygen atoms in total. The third kappa shape index (κ3) is 3.29. The first-order valence-corrected chi connectivity index (χ1v) is 8.05. The minimum Gasteiger partial charge on any atom is -0.494 e. The van der Waals surface area contributed by atoms with E-state index < -0.39 is 0 Å². The summed E-state index contributed by atoms with van der Waals surface area (Å²) < 4.78 is 6.28. The van der Waals surface area contributed by atoms with Crippen LogP contribution in [0.3, 0.4) is 0 Å². The molecular formula is C18H15ClOS. The highest BCUT2D eigenvalue weighted by Gasteiger charge is 2.03. The molecule has 0 atom stereocenters. The monoisotopic (exact) mass is 314 g/mol. The number of hydrogen-bond donors (Lipinski definition) is 0. The van der Waals surface area contributed by atoms with Gasteiger partial charge in [-0.3, -0.25) is 0 Å². The molecule has 0 unspecified atom stereocenters. The molecule has 2 aromatic carbocycles. The number of thiophene rings is 1. The van der Waals surface area contributed by atoms with Crippen molar-refractivity contribution in [1.29, 1.82) is 0 Å². The number of hydrogen-bond acceptors (Lipinski definition) is 2. The van der Waals surface area contributed by atoms with Gasteiger partial charge in [-0.25, -0.2) is 0 Å². The van der Waals surface area contributed by atoms with E-state index in [1.54, 1.807) is 11.3 Å². The van der Waals surface area contributed by atoms with E-state index in [9.17, 15) is 0 Å². The number of ether oxygens (including phenoxy) is 1. The highest BCUT2D eigenvalue weighted by molar-refractivity contribution is 7.19. The Morgan fingerprint density at radius 1 is 0.810 bits per heavy atom. The Morgan fingerprint density at radius 2 is 1.38 bits per heavy atom. The van der Waals surface area contributed by atoms with E-state index in [0.717, 1.165) is 10.1 Å². The minimum absolute atomic E-state index is 0.692. The van der Waals surface area contributed by atoms with Gasteiger partial charge in [0.05, 0.1) is 10.9 Å². The average molecular weight is 315 g/mol. The Balaban J connectivity index is 1.83. The van der Waals surface area contributed by atoms with Crippen LogP contribution in [-0.2, 0) is 0 Å². The molecule has 0 amide bonds. The van der Waals surface area contributed by atoms with Crippen molar-refractivity contribution < 1.29 is 4.74 Å². The molecule has 1 aromatic heterocycles. The molecule has 3 rings (SSSR count). The van der Waals surface area contributed by atoms with E-state index in [1.807, 2.05) is 25.1 Å². The van der Waals surface area contributed by atoms with E-state index in [1.165, 1.54) is 21.6 Å². The van der Waals surface area contributed by atoms with Crippen molar-refractivity contribution in [2.45, 2.75) is 6.92 Å². The summed E-state index contributed by atoms with van der Waals surface area (Å²) in [5.74, 6) is 0.908. The van der Waals surface area contributed by atoms with Gasteiger partial charge < -0.3 is 4.74 Å². The molecule has 21 heavy (non-hydrogen) atoms. The van der Waals surface area contributed by atoms with Crippen LogP contribution < -0.4 is 4.74 Å². The summed E-state index contributed by atoms with van der Waals surface area (Å²) in [6, 6.07) is 20.7. The SMILES string of the molecule is CCOc1ccc(-c2ccc(-c3ccc(Cl)s3)cc2)cc1. The van der Waals surface area contributed by atoms with Gasteiger partial charge >= 0.3 is 0 Å². The van der Waals surface area contributed by atoms with Crippen molar-refractivity contribution in [1.82, 2.24) is 0 Å². The Morgan fingerprint density at radius 3 is 1.90 bits per heavy atom. The number of rotatable bonds is 4. The molecule has 3 heteroatoms. The Hall–Kier alpha value is -1.77. The second-order valence-corrected chi connectivity index (χ2v) is 6.35. The van der Waals surface area contributed by atoms with Crippen LogP contribution in [0.25, 0.3) is 21.6 Å². The summed E-state index contributed by atoms with van der Waals surface area (Å²) in [4.78, 5) is 1.19. The lowest BCUT2D eigenvalue weighted by Gasteiger charge is -2.06. The molecular weight excluding hydrogens is 300 g/mol. The fourth-order valence-corrected chi connectivity index (χ4v) is 3.26. The molecule has 0 saturated heterocycles. The van der Waals surface area contributed by atoms with Crippen LogP contribution in [-0.4, -0.2) is 6.61 Å². The maximum atomic E-state index is 5.98. The molecule has 1 heterocycles. The molecule has 3 aromatic rings. The normalized spacial score (nSPS) is 10.6. The van der Waals surface area contributed by atoms with Gasteiger partial charge in [-0.1, -0.05) is 48.0 Å². The summed E-state index contributed by atoms with van der Waals surface area (Å²) >= 11 is 7.58. The third-order valence-electron chi connectivity index (χ3n) is 3.24. The summed E-state index contributed by atoms with van der Waals surface area (Å²) in [5.41, 5.74) is 3.58. The fourth-order valence-electron chi connectivity index (χ4n) is 2.21. The van der Waals surface area contributed by atoms with Crippen LogP contribution >= 0.6 is 22.9 Å². The van der Waals surface area contributed by atoms with Crippen LogP contribution in [0.15, 0.2) is 60.7 Å². The molecule has 0 aliphatic rings. The first kappa shape index (κ1) is 14.2. The lowest BCUT2D eigenvalue weighted by molar-refractivity contribution is 0.340. The first-order valence-electron chi connectivity index (χ1n) is 6.85. The Labute approximate surface area is 133 Å². The first-order chi connectivity index (χ1) is 10.3. The van der Waals surface area contributed by atoms with Gasteiger partial charge in [0.15, 0.2) is 0 Å². The van der Waals surface area contributed by atoms with Gasteiger partial charge in [0.25, 0.3) is 0 Å². The zero-order valence-corrected chi connectivity index (χ0v) is 13.2. The number of halogens is 1. The van der Waals surface area contributed by atoms with E-state index >= 15 is 0 Å². The summed E-state index contributed by atoms with van der Waals surface area (Å²) in [7, 11) is 0. The molecule has 0 spiro atoms. The van der Waals surface area contributed by atoms with Gasteiger partial charge in [-0.15, -0.1) is 11.3 Å². The molecule has 0 saturated carbocycles.